The maximum Gasteiger partial charge on any atom is 0.255 e. The minimum atomic E-state index is -1.09. The van der Waals surface area contributed by atoms with Crippen LogP contribution in [0.2, 0.25) is 0 Å². The smallest absolute Gasteiger partial charge is 0.255 e. The summed E-state index contributed by atoms with van der Waals surface area (Å²) in [5.74, 6) is -1.54. The number of amides is 4. The Balaban J connectivity index is 1.89. The van der Waals surface area contributed by atoms with Crippen LogP contribution in [-0.2, 0) is 19.1 Å². The first-order valence-electron chi connectivity index (χ1n) is 10.8. The summed E-state index contributed by atoms with van der Waals surface area (Å²) in [6, 6.07) is 4.78. The number of benzene rings is 1. The molecule has 0 bridgehead atoms. The second kappa shape index (κ2) is 10.9. The molecule has 0 aromatic heterocycles. The molecular formula is C22H30N4O6. The van der Waals surface area contributed by atoms with Gasteiger partial charge in [-0.3, -0.25) is 19.2 Å². The first kappa shape index (κ1) is 23.5. The van der Waals surface area contributed by atoms with Gasteiger partial charge >= 0.3 is 0 Å². The van der Waals surface area contributed by atoms with E-state index in [1.165, 1.54) is 0 Å². The Hall–Kier alpha value is -3.14. The van der Waals surface area contributed by atoms with Crippen LogP contribution in [0, 0.1) is 5.92 Å². The number of nitrogens with zero attached hydrogens (tertiary/aromatic N) is 1. The normalized spacial score (nSPS) is 23.2. The Bertz CT molecular complexity index is 853. The molecule has 0 aliphatic carbocycles. The van der Waals surface area contributed by atoms with Crippen molar-refractivity contribution in [3.8, 4) is 5.75 Å². The van der Waals surface area contributed by atoms with Crippen molar-refractivity contribution in [1.29, 1.82) is 0 Å². The third kappa shape index (κ3) is 5.97. The number of rotatable bonds is 2. The van der Waals surface area contributed by atoms with E-state index in [-0.39, 0.29) is 42.9 Å². The second-order valence-corrected chi connectivity index (χ2v) is 8.09. The van der Waals surface area contributed by atoms with Crippen molar-refractivity contribution in [2.45, 2.75) is 32.4 Å². The molecule has 3 rings (SSSR count). The number of ether oxygens (including phenoxy) is 2. The first-order chi connectivity index (χ1) is 15.4. The lowest BCUT2D eigenvalue weighted by molar-refractivity contribution is -0.139. The Morgan fingerprint density at radius 3 is 2.50 bits per heavy atom. The van der Waals surface area contributed by atoms with Crippen LogP contribution in [0.1, 0.15) is 30.6 Å². The molecule has 3 N–H and O–H groups in total. The standard InChI is InChI=1S/C22H30N4O6/c1-14(2)19-21(29)23-7-10-32-17-6-4-3-5-15(17)20(28)24-16(13-18(27)25-19)22(30)26-8-11-31-12-9-26/h3-6,14,16,19H,7-13H2,1-2H3,(H,23,29)(H,24,28)(H,25,27)/t16-,19-/m0/s1. The van der Waals surface area contributed by atoms with Gasteiger partial charge in [0.25, 0.3) is 5.91 Å². The second-order valence-electron chi connectivity index (χ2n) is 8.09. The molecule has 0 saturated carbocycles. The molecule has 1 aromatic rings. The molecule has 174 valence electrons. The van der Waals surface area contributed by atoms with Crippen LogP contribution >= 0.6 is 0 Å². The van der Waals surface area contributed by atoms with E-state index in [0.29, 0.717) is 32.1 Å². The number of hydrogen-bond acceptors (Lipinski definition) is 6. The average Bonchev–Trinajstić information content (AvgIpc) is 2.79. The number of carbonyl (C=O) groups excluding carboxylic acids is 4. The fraction of sp³-hybridized carbons (Fsp3) is 0.545. The topological polar surface area (TPSA) is 126 Å². The fourth-order valence-electron chi connectivity index (χ4n) is 3.62. The van der Waals surface area contributed by atoms with Gasteiger partial charge in [-0.15, -0.1) is 0 Å². The van der Waals surface area contributed by atoms with Gasteiger partial charge in [0.15, 0.2) is 0 Å². The number of morpholine rings is 1. The molecule has 0 unspecified atom stereocenters. The van der Waals surface area contributed by atoms with Crippen molar-refractivity contribution in [2.24, 2.45) is 5.92 Å². The van der Waals surface area contributed by atoms with Crippen LogP contribution in [0.4, 0.5) is 0 Å². The van der Waals surface area contributed by atoms with Gasteiger partial charge in [-0.2, -0.15) is 0 Å². The molecule has 0 radical (unpaired) electrons. The molecule has 32 heavy (non-hydrogen) atoms. The quantitative estimate of drug-likeness (QED) is 0.572. The molecule has 10 heteroatoms. The summed E-state index contributed by atoms with van der Waals surface area (Å²) in [6.45, 7) is 5.54. The van der Waals surface area contributed by atoms with Crippen molar-refractivity contribution in [3.05, 3.63) is 29.8 Å². The van der Waals surface area contributed by atoms with Crippen LogP contribution < -0.4 is 20.7 Å². The Morgan fingerprint density at radius 1 is 1.06 bits per heavy atom. The molecule has 1 fully saturated rings. The molecule has 2 heterocycles. The Labute approximate surface area is 187 Å². The number of hydrogen-bond donors (Lipinski definition) is 3. The summed E-state index contributed by atoms with van der Waals surface area (Å²) >= 11 is 0. The zero-order valence-corrected chi connectivity index (χ0v) is 18.4. The van der Waals surface area contributed by atoms with E-state index in [0.717, 1.165) is 0 Å². The molecule has 2 aliphatic rings. The molecular weight excluding hydrogens is 416 g/mol. The minimum Gasteiger partial charge on any atom is -0.491 e. The van der Waals surface area contributed by atoms with Crippen molar-refractivity contribution in [3.63, 3.8) is 0 Å². The van der Waals surface area contributed by atoms with Crippen molar-refractivity contribution in [2.75, 3.05) is 39.5 Å². The van der Waals surface area contributed by atoms with E-state index in [9.17, 15) is 19.2 Å². The molecule has 10 nitrogen and oxygen atoms in total. The molecule has 2 atom stereocenters. The molecule has 1 aromatic carbocycles. The minimum absolute atomic E-state index is 0.144. The zero-order valence-electron chi connectivity index (χ0n) is 18.4. The van der Waals surface area contributed by atoms with Crippen LogP contribution in [0.15, 0.2) is 24.3 Å². The maximum atomic E-state index is 13.1. The Morgan fingerprint density at radius 2 is 1.78 bits per heavy atom. The van der Waals surface area contributed by atoms with E-state index >= 15 is 0 Å². The highest BCUT2D eigenvalue weighted by atomic mass is 16.5. The molecule has 0 spiro atoms. The van der Waals surface area contributed by atoms with Crippen molar-refractivity contribution in [1.82, 2.24) is 20.9 Å². The summed E-state index contributed by atoms with van der Waals surface area (Å²) in [6.07, 6.45) is -0.290. The SMILES string of the molecule is CC(C)[C@@H]1NC(=O)C[C@@H](C(=O)N2CCOCC2)NC(=O)c2ccccc2OCCNC1=O. The predicted octanol–water partition coefficient (Wildman–Crippen LogP) is -0.317. The predicted molar refractivity (Wildman–Crippen MR) is 115 cm³/mol. The van der Waals surface area contributed by atoms with E-state index < -0.39 is 23.9 Å². The average molecular weight is 447 g/mol. The highest BCUT2D eigenvalue weighted by molar-refractivity contribution is 6.01. The van der Waals surface area contributed by atoms with Gasteiger partial charge in [-0.25, -0.2) is 0 Å². The highest BCUT2D eigenvalue weighted by Crippen LogP contribution is 2.18. The maximum absolute atomic E-state index is 13.1. The summed E-state index contributed by atoms with van der Waals surface area (Å²) < 4.78 is 11.0. The summed E-state index contributed by atoms with van der Waals surface area (Å²) in [7, 11) is 0. The summed E-state index contributed by atoms with van der Waals surface area (Å²) in [5.41, 5.74) is 0.246. The van der Waals surface area contributed by atoms with E-state index in [1.807, 2.05) is 13.8 Å². The number of para-hydroxylation sites is 1. The van der Waals surface area contributed by atoms with Crippen LogP contribution in [-0.4, -0.2) is 80.1 Å². The third-order valence-corrected chi connectivity index (χ3v) is 5.37. The van der Waals surface area contributed by atoms with Gasteiger partial charge in [0.2, 0.25) is 17.7 Å². The van der Waals surface area contributed by atoms with Gasteiger partial charge in [0.05, 0.1) is 31.7 Å². The van der Waals surface area contributed by atoms with Crippen molar-refractivity contribution >= 4 is 23.6 Å². The third-order valence-electron chi connectivity index (χ3n) is 5.37. The van der Waals surface area contributed by atoms with E-state index in [2.05, 4.69) is 16.0 Å². The lowest BCUT2D eigenvalue weighted by Crippen LogP contribution is -2.55. The van der Waals surface area contributed by atoms with Gasteiger partial charge in [-0.05, 0) is 18.1 Å². The van der Waals surface area contributed by atoms with E-state index in [4.69, 9.17) is 9.47 Å². The number of fused-ring (bicyclic) bond motifs is 1. The lowest BCUT2D eigenvalue weighted by atomic mass is 10.0. The number of nitrogens with one attached hydrogen (secondary N) is 3. The monoisotopic (exact) mass is 446 g/mol. The summed E-state index contributed by atoms with van der Waals surface area (Å²) in [4.78, 5) is 53.1. The number of carbonyl (C=O) groups is 4. The fourth-order valence-corrected chi connectivity index (χ4v) is 3.62. The molecule has 4 amide bonds. The van der Waals surface area contributed by atoms with Gasteiger partial charge in [-0.1, -0.05) is 26.0 Å². The largest absolute Gasteiger partial charge is 0.491 e. The molecule has 2 aliphatic heterocycles. The first-order valence-corrected chi connectivity index (χ1v) is 10.8. The lowest BCUT2D eigenvalue weighted by Gasteiger charge is -2.31. The van der Waals surface area contributed by atoms with Gasteiger partial charge in [0, 0.05) is 13.1 Å². The van der Waals surface area contributed by atoms with Crippen LogP contribution in [0.3, 0.4) is 0 Å². The summed E-state index contributed by atoms with van der Waals surface area (Å²) in [5, 5.41) is 8.15. The van der Waals surface area contributed by atoms with E-state index in [1.54, 1.807) is 29.2 Å². The van der Waals surface area contributed by atoms with Crippen LogP contribution in [0.25, 0.3) is 0 Å². The van der Waals surface area contributed by atoms with Gasteiger partial charge < -0.3 is 30.3 Å². The molecule has 1 saturated heterocycles. The van der Waals surface area contributed by atoms with Gasteiger partial charge in [0.1, 0.15) is 24.4 Å². The Kier molecular flexibility index (Phi) is 8.04. The van der Waals surface area contributed by atoms with Crippen molar-refractivity contribution < 1.29 is 28.7 Å². The van der Waals surface area contributed by atoms with Crippen LogP contribution in [0.5, 0.6) is 5.75 Å². The highest BCUT2D eigenvalue weighted by Gasteiger charge is 2.32. The zero-order chi connectivity index (χ0) is 23.1.